The fourth-order valence-corrected chi connectivity index (χ4v) is 5.34. The third-order valence-corrected chi connectivity index (χ3v) is 7.81. The zero-order chi connectivity index (χ0) is 29.1. The second kappa shape index (κ2) is 11.8. The molecule has 1 aromatic carbocycles. The van der Waals surface area contributed by atoms with Gasteiger partial charge in [-0.1, -0.05) is 0 Å². The summed E-state index contributed by atoms with van der Waals surface area (Å²) in [6.45, 7) is 6.98. The fraction of sp³-hybridized carbons (Fsp3) is 0.379. The van der Waals surface area contributed by atoms with Crippen LogP contribution in [0.3, 0.4) is 0 Å². The minimum atomic E-state index is -0.358. The van der Waals surface area contributed by atoms with E-state index in [9.17, 15) is 14.8 Å². The molecule has 6 rings (SSSR count). The Hall–Kier alpha value is -4.46. The third kappa shape index (κ3) is 5.79. The van der Waals surface area contributed by atoms with Crippen LogP contribution in [-0.4, -0.2) is 101 Å². The number of carbonyl (C=O) groups excluding carboxylic acids is 1. The van der Waals surface area contributed by atoms with E-state index in [4.69, 9.17) is 14.7 Å². The van der Waals surface area contributed by atoms with E-state index in [2.05, 4.69) is 25.1 Å². The van der Waals surface area contributed by atoms with Crippen LogP contribution >= 0.6 is 0 Å². The molecule has 2 aliphatic rings. The van der Waals surface area contributed by atoms with Crippen LogP contribution in [0.15, 0.2) is 59.7 Å². The number of ether oxygens (including phenoxy) is 1. The zero-order valence-electron chi connectivity index (χ0n) is 23.5. The van der Waals surface area contributed by atoms with Crippen LogP contribution < -0.4 is 20.7 Å². The number of nitrogens with one attached hydrogen (secondary N) is 1. The lowest BCUT2D eigenvalue weighted by Crippen LogP contribution is -2.53. The van der Waals surface area contributed by atoms with E-state index in [0.29, 0.717) is 74.7 Å². The molecule has 0 radical (unpaired) electrons. The van der Waals surface area contributed by atoms with E-state index in [1.165, 1.54) is 6.07 Å². The smallest absolute Gasteiger partial charge is 0.256 e. The molecule has 2 fully saturated rings. The maximum atomic E-state index is 13.1. The number of benzene rings is 1. The fourth-order valence-electron chi connectivity index (χ4n) is 5.34. The first-order valence-electron chi connectivity index (χ1n) is 14.1. The number of anilines is 2. The first kappa shape index (κ1) is 27.7. The lowest BCUT2D eigenvalue weighted by atomic mass is 10.1. The van der Waals surface area contributed by atoms with Crippen molar-refractivity contribution in [2.45, 2.75) is 6.92 Å². The van der Waals surface area contributed by atoms with Crippen molar-refractivity contribution in [3.05, 3.63) is 81.7 Å². The Balaban J connectivity index is 1.20. The standard InChI is InChI=1S/C29H33N9O4/c1-21-24-7-8-25(39)37(23-5-3-22(4-6-23)27(40)30-11-16-38(41)17-19-42-20-18-38)26(24)34-29(33-21)36-14-12-35(13-15-36)28-31-9-2-10-32-28/h2-10H,11-20H2,1H3,(H,30,40). The van der Waals surface area contributed by atoms with Gasteiger partial charge in [-0.05, 0) is 43.3 Å². The van der Waals surface area contributed by atoms with Crippen molar-refractivity contribution in [2.24, 2.45) is 0 Å². The largest absolute Gasteiger partial charge is 0.633 e. The summed E-state index contributed by atoms with van der Waals surface area (Å²) in [5.74, 6) is 0.988. The topological polar surface area (TPSA) is 141 Å². The maximum Gasteiger partial charge on any atom is 0.256 e. The first-order valence-corrected chi connectivity index (χ1v) is 14.1. The quantitative estimate of drug-likeness (QED) is 0.255. The van der Waals surface area contributed by atoms with Gasteiger partial charge >= 0.3 is 0 Å². The number of rotatable bonds is 7. The van der Waals surface area contributed by atoms with E-state index < -0.39 is 0 Å². The summed E-state index contributed by atoms with van der Waals surface area (Å²) in [6, 6.07) is 11.9. The van der Waals surface area contributed by atoms with Crippen molar-refractivity contribution in [1.82, 2.24) is 29.8 Å². The molecule has 2 saturated heterocycles. The van der Waals surface area contributed by atoms with E-state index in [-0.39, 0.29) is 22.7 Å². The molecule has 0 saturated carbocycles. The van der Waals surface area contributed by atoms with Crippen LogP contribution in [0.5, 0.6) is 0 Å². The summed E-state index contributed by atoms with van der Waals surface area (Å²) in [5, 5.41) is 16.3. The molecule has 0 spiro atoms. The highest BCUT2D eigenvalue weighted by atomic mass is 16.6. The number of hydrogen-bond acceptors (Lipinski definition) is 10. The second-order valence-electron chi connectivity index (χ2n) is 10.5. The molecule has 42 heavy (non-hydrogen) atoms. The minimum Gasteiger partial charge on any atom is -0.633 e. The molecule has 0 unspecified atom stereocenters. The van der Waals surface area contributed by atoms with Gasteiger partial charge in [-0.15, -0.1) is 0 Å². The van der Waals surface area contributed by atoms with Crippen LogP contribution in [-0.2, 0) is 4.74 Å². The number of amides is 1. The van der Waals surface area contributed by atoms with Gasteiger partial charge in [0.05, 0.1) is 37.7 Å². The Morgan fingerprint density at radius 2 is 1.62 bits per heavy atom. The second-order valence-corrected chi connectivity index (χ2v) is 10.5. The summed E-state index contributed by atoms with van der Waals surface area (Å²) >= 11 is 0. The molecule has 0 atom stereocenters. The molecule has 4 aromatic rings. The van der Waals surface area contributed by atoms with Gasteiger partial charge in [0.25, 0.3) is 11.5 Å². The molecule has 13 heteroatoms. The number of hydrogen-bond donors (Lipinski definition) is 1. The number of carbonyl (C=O) groups is 1. The van der Waals surface area contributed by atoms with E-state index in [0.717, 1.165) is 24.2 Å². The molecule has 3 aromatic heterocycles. The average molecular weight is 572 g/mol. The highest BCUT2D eigenvalue weighted by Gasteiger charge is 2.23. The normalized spacial score (nSPS) is 16.9. The Bertz CT molecular complexity index is 1610. The van der Waals surface area contributed by atoms with Crippen molar-refractivity contribution in [1.29, 1.82) is 0 Å². The number of aromatic nitrogens is 5. The molecular formula is C29H33N9O4. The van der Waals surface area contributed by atoms with E-state index in [1.54, 1.807) is 53.4 Å². The van der Waals surface area contributed by atoms with Gasteiger partial charge in [0, 0.05) is 55.6 Å². The molecule has 1 N–H and O–H groups in total. The summed E-state index contributed by atoms with van der Waals surface area (Å²) in [7, 11) is 0. The molecule has 218 valence electrons. The number of hydroxylamine groups is 3. The number of morpholine rings is 1. The van der Waals surface area contributed by atoms with Crippen molar-refractivity contribution in [2.75, 3.05) is 75.4 Å². The average Bonchev–Trinajstić information content (AvgIpc) is 3.02. The summed E-state index contributed by atoms with van der Waals surface area (Å²) in [4.78, 5) is 48.4. The molecule has 2 aliphatic heterocycles. The summed E-state index contributed by atoms with van der Waals surface area (Å²) in [6.07, 6.45) is 3.47. The molecular weight excluding hydrogens is 538 g/mol. The van der Waals surface area contributed by atoms with E-state index in [1.807, 2.05) is 6.92 Å². The monoisotopic (exact) mass is 571 g/mol. The Morgan fingerprint density at radius 1 is 0.952 bits per heavy atom. The lowest BCUT2D eigenvalue weighted by molar-refractivity contribution is -0.887. The highest BCUT2D eigenvalue weighted by Crippen LogP contribution is 2.22. The van der Waals surface area contributed by atoms with E-state index >= 15 is 0 Å². The molecule has 1 amide bonds. The van der Waals surface area contributed by atoms with Gasteiger partial charge in [0.2, 0.25) is 11.9 Å². The van der Waals surface area contributed by atoms with Crippen LogP contribution in [0.1, 0.15) is 16.1 Å². The van der Waals surface area contributed by atoms with Crippen LogP contribution in [0, 0.1) is 12.1 Å². The molecule has 0 bridgehead atoms. The molecule has 5 heterocycles. The van der Waals surface area contributed by atoms with Gasteiger partial charge in [-0.3, -0.25) is 14.2 Å². The number of fused-ring (bicyclic) bond motifs is 1. The van der Waals surface area contributed by atoms with Gasteiger partial charge < -0.3 is 29.7 Å². The number of piperazine rings is 1. The molecule has 13 nitrogen and oxygen atoms in total. The van der Waals surface area contributed by atoms with Crippen molar-refractivity contribution in [3.8, 4) is 5.69 Å². The van der Waals surface area contributed by atoms with Crippen LogP contribution in [0.2, 0.25) is 0 Å². The number of nitrogens with zero attached hydrogens (tertiary/aromatic N) is 8. The zero-order valence-corrected chi connectivity index (χ0v) is 23.5. The summed E-state index contributed by atoms with van der Waals surface area (Å²) in [5.41, 5.74) is 2.08. The predicted molar refractivity (Wildman–Crippen MR) is 158 cm³/mol. The van der Waals surface area contributed by atoms with Crippen molar-refractivity contribution in [3.63, 3.8) is 0 Å². The maximum absolute atomic E-state index is 13.1. The predicted octanol–water partition coefficient (Wildman–Crippen LogP) is 1.28. The lowest BCUT2D eigenvalue weighted by Gasteiger charge is -2.45. The van der Waals surface area contributed by atoms with Crippen molar-refractivity contribution >= 4 is 28.8 Å². The number of pyridine rings is 1. The number of quaternary nitrogens is 1. The SMILES string of the molecule is Cc1nc(N2CCN(c3ncccn3)CC2)nc2c1ccc(=O)n2-c1ccc(C(=O)NCC[N+]2([O-])CCOCC2)cc1. The minimum absolute atomic E-state index is 0.232. The van der Waals surface area contributed by atoms with Crippen molar-refractivity contribution < 1.29 is 14.2 Å². The molecule has 0 aliphatic carbocycles. The first-order chi connectivity index (χ1) is 20.4. The Labute approximate surface area is 242 Å². The van der Waals surface area contributed by atoms with Crippen LogP contribution in [0.4, 0.5) is 11.9 Å². The third-order valence-electron chi connectivity index (χ3n) is 7.81. The van der Waals surface area contributed by atoms with Crippen LogP contribution in [0.25, 0.3) is 16.7 Å². The Kier molecular flexibility index (Phi) is 7.78. The van der Waals surface area contributed by atoms with Gasteiger partial charge in [0.1, 0.15) is 13.1 Å². The summed E-state index contributed by atoms with van der Waals surface area (Å²) < 4.78 is 6.46. The highest BCUT2D eigenvalue weighted by molar-refractivity contribution is 5.94. The van der Waals surface area contributed by atoms with Gasteiger partial charge in [-0.25, -0.2) is 15.0 Å². The van der Waals surface area contributed by atoms with Gasteiger partial charge in [0.15, 0.2) is 5.65 Å². The van der Waals surface area contributed by atoms with Gasteiger partial charge in [-0.2, -0.15) is 4.98 Å². The Morgan fingerprint density at radius 3 is 2.31 bits per heavy atom. The number of aryl methyl sites for hydroxylation is 1.